The molecule has 0 bridgehead atoms. The molecule has 3 aromatic rings. The van der Waals surface area contributed by atoms with E-state index in [1.807, 2.05) is 0 Å². The van der Waals surface area contributed by atoms with Crippen molar-refractivity contribution in [3.05, 3.63) is 64.4 Å². The summed E-state index contributed by atoms with van der Waals surface area (Å²) in [5.41, 5.74) is -0.944. The van der Waals surface area contributed by atoms with Crippen LogP contribution >= 0.6 is 0 Å². The van der Waals surface area contributed by atoms with E-state index in [1.54, 1.807) is 30.3 Å². The molecule has 1 N–H and O–H groups in total. The SMILES string of the molecule is COc1cccc2cc(C(=O)OCC(=O)NCc3ccco3)c(=O)oc12. The molecule has 134 valence electrons. The quantitative estimate of drug-likeness (QED) is 0.530. The molecule has 0 saturated heterocycles. The predicted molar refractivity (Wildman–Crippen MR) is 89.9 cm³/mol. The lowest BCUT2D eigenvalue weighted by molar-refractivity contribution is -0.124. The van der Waals surface area contributed by atoms with Gasteiger partial charge in [-0.2, -0.15) is 0 Å². The van der Waals surface area contributed by atoms with Crippen LogP contribution in [0.4, 0.5) is 0 Å². The molecular formula is C18H15NO7. The van der Waals surface area contributed by atoms with Gasteiger partial charge in [0.15, 0.2) is 17.9 Å². The Labute approximate surface area is 147 Å². The second-order valence-electron chi connectivity index (χ2n) is 5.26. The Morgan fingerprint density at radius 3 is 2.77 bits per heavy atom. The lowest BCUT2D eigenvalue weighted by Crippen LogP contribution is -2.29. The first-order chi connectivity index (χ1) is 12.6. The van der Waals surface area contributed by atoms with E-state index in [0.717, 1.165) is 0 Å². The van der Waals surface area contributed by atoms with Gasteiger partial charge in [-0.25, -0.2) is 9.59 Å². The van der Waals surface area contributed by atoms with E-state index in [-0.39, 0.29) is 17.7 Å². The minimum atomic E-state index is -0.948. The summed E-state index contributed by atoms with van der Waals surface area (Å²) in [6.07, 6.45) is 1.48. The first kappa shape index (κ1) is 17.3. The van der Waals surface area contributed by atoms with E-state index in [2.05, 4.69) is 5.32 Å². The second-order valence-corrected chi connectivity index (χ2v) is 5.26. The number of carbonyl (C=O) groups is 2. The summed E-state index contributed by atoms with van der Waals surface area (Å²) in [6, 6.07) is 9.71. The fraction of sp³-hybridized carbons (Fsp3) is 0.167. The number of esters is 1. The number of para-hydroxylation sites is 1. The summed E-state index contributed by atoms with van der Waals surface area (Å²) < 4.78 is 20.2. The minimum absolute atomic E-state index is 0.168. The highest BCUT2D eigenvalue weighted by atomic mass is 16.5. The van der Waals surface area contributed by atoms with Crippen molar-refractivity contribution < 1.29 is 27.9 Å². The summed E-state index contributed by atoms with van der Waals surface area (Å²) in [7, 11) is 1.44. The van der Waals surface area contributed by atoms with Gasteiger partial charge in [-0.15, -0.1) is 0 Å². The van der Waals surface area contributed by atoms with Crippen LogP contribution in [0.1, 0.15) is 16.1 Å². The highest BCUT2D eigenvalue weighted by molar-refractivity contribution is 5.95. The Bertz CT molecular complexity index is 988. The number of methoxy groups -OCH3 is 1. The standard InChI is InChI=1S/C18H15NO7/c1-23-14-6-2-4-11-8-13(18(22)26-16(11)14)17(21)25-10-15(20)19-9-12-5-3-7-24-12/h2-8H,9-10H2,1H3,(H,19,20). The van der Waals surface area contributed by atoms with E-state index < -0.39 is 24.1 Å². The van der Waals surface area contributed by atoms with Crippen LogP contribution in [-0.4, -0.2) is 25.6 Å². The van der Waals surface area contributed by atoms with Gasteiger partial charge in [0, 0.05) is 5.39 Å². The van der Waals surface area contributed by atoms with Gasteiger partial charge in [0.1, 0.15) is 11.3 Å². The number of nitrogens with one attached hydrogen (secondary N) is 1. The lowest BCUT2D eigenvalue weighted by atomic mass is 10.2. The number of ether oxygens (including phenoxy) is 2. The monoisotopic (exact) mass is 357 g/mol. The zero-order valence-electron chi connectivity index (χ0n) is 13.8. The maximum atomic E-state index is 12.1. The number of hydrogen-bond acceptors (Lipinski definition) is 7. The summed E-state index contributed by atoms with van der Waals surface area (Å²) in [4.78, 5) is 35.8. The van der Waals surface area contributed by atoms with Gasteiger partial charge in [0.05, 0.1) is 19.9 Å². The summed E-state index contributed by atoms with van der Waals surface area (Å²) in [5.74, 6) is -0.538. The maximum absolute atomic E-state index is 12.1. The molecule has 2 heterocycles. The average Bonchev–Trinajstić information content (AvgIpc) is 3.17. The second kappa shape index (κ2) is 7.56. The van der Waals surface area contributed by atoms with E-state index in [0.29, 0.717) is 16.9 Å². The Kier molecular flexibility index (Phi) is 5.02. The fourth-order valence-electron chi connectivity index (χ4n) is 2.28. The molecule has 3 rings (SSSR count). The molecule has 0 aliphatic rings. The molecule has 0 fully saturated rings. The normalized spacial score (nSPS) is 10.5. The van der Waals surface area contributed by atoms with Crippen LogP contribution in [0.15, 0.2) is 56.3 Å². The Balaban J connectivity index is 1.67. The molecule has 0 atom stereocenters. The van der Waals surface area contributed by atoms with Crippen LogP contribution in [-0.2, 0) is 16.1 Å². The van der Waals surface area contributed by atoms with Crippen molar-refractivity contribution in [2.45, 2.75) is 6.54 Å². The van der Waals surface area contributed by atoms with Crippen LogP contribution in [0.2, 0.25) is 0 Å². The number of rotatable bonds is 6. The van der Waals surface area contributed by atoms with Gasteiger partial charge in [0.25, 0.3) is 5.91 Å². The third-order valence-corrected chi connectivity index (χ3v) is 3.54. The zero-order valence-corrected chi connectivity index (χ0v) is 13.8. The molecule has 0 aliphatic carbocycles. The molecule has 0 unspecified atom stereocenters. The van der Waals surface area contributed by atoms with E-state index >= 15 is 0 Å². The third-order valence-electron chi connectivity index (χ3n) is 3.54. The summed E-state index contributed by atoms with van der Waals surface area (Å²) >= 11 is 0. The van der Waals surface area contributed by atoms with Crippen LogP contribution in [0.5, 0.6) is 5.75 Å². The Morgan fingerprint density at radius 1 is 1.19 bits per heavy atom. The van der Waals surface area contributed by atoms with E-state index in [9.17, 15) is 14.4 Å². The smallest absolute Gasteiger partial charge is 0.351 e. The first-order valence-electron chi connectivity index (χ1n) is 7.65. The number of amides is 1. The number of hydrogen-bond donors (Lipinski definition) is 1. The molecule has 1 amide bonds. The molecule has 2 aromatic heterocycles. The van der Waals surface area contributed by atoms with Crippen LogP contribution in [0.3, 0.4) is 0 Å². The highest BCUT2D eigenvalue weighted by Gasteiger charge is 2.18. The summed E-state index contributed by atoms with van der Waals surface area (Å²) in [5, 5.41) is 3.02. The number of fused-ring (bicyclic) bond motifs is 1. The number of benzene rings is 1. The van der Waals surface area contributed by atoms with Crippen molar-refractivity contribution in [2.24, 2.45) is 0 Å². The van der Waals surface area contributed by atoms with Crippen molar-refractivity contribution in [1.29, 1.82) is 0 Å². The van der Waals surface area contributed by atoms with Crippen molar-refractivity contribution in [2.75, 3.05) is 13.7 Å². The molecule has 1 aromatic carbocycles. The maximum Gasteiger partial charge on any atom is 0.351 e. The molecule has 0 aliphatic heterocycles. The lowest BCUT2D eigenvalue weighted by Gasteiger charge is -2.07. The first-order valence-corrected chi connectivity index (χ1v) is 7.65. The van der Waals surface area contributed by atoms with E-state index in [4.69, 9.17) is 18.3 Å². The van der Waals surface area contributed by atoms with Gasteiger partial charge in [-0.05, 0) is 24.3 Å². The van der Waals surface area contributed by atoms with Gasteiger partial charge >= 0.3 is 11.6 Å². The van der Waals surface area contributed by atoms with Gasteiger partial charge in [0.2, 0.25) is 0 Å². The molecule has 0 radical (unpaired) electrons. The molecule has 8 heteroatoms. The van der Waals surface area contributed by atoms with Gasteiger partial charge < -0.3 is 23.6 Å². The molecule has 26 heavy (non-hydrogen) atoms. The largest absolute Gasteiger partial charge is 0.493 e. The van der Waals surface area contributed by atoms with Crippen LogP contribution in [0, 0.1) is 0 Å². The molecule has 8 nitrogen and oxygen atoms in total. The number of carbonyl (C=O) groups excluding carboxylic acids is 2. The molecule has 0 spiro atoms. The average molecular weight is 357 g/mol. The molecule has 0 saturated carbocycles. The van der Waals surface area contributed by atoms with Crippen molar-refractivity contribution in [1.82, 2.24) is 5.32 Å². The topological polar surface area (TPSA) is 108 Å². The number of furan rings is 1. The Morgan fingerprint density at radius 2 is 2.04 bits per heavy atom. The van der Waals surface area contributed by atoms with Crippen molar-refractivity contribution in [3.8, 4) is 5.75 Å². The minimum Gasteiger partial charge on any atom is -0.493 e. The zero-order chi connectivity index (χ0) is 18.5. The summed E-state index contributed by atoms with van der Waals surface area (Å²) in [6.45, 7) is -0.365. The van der Waals surface area contributed by atoms with Crippen LogP contribution in [0.25, 0.3) is 11.0 Å². The highest BCUT2D eigenvalue weighted by Crippen LogP contribution is 2.24. The molecular weight excluding hydrogens is 342 g/mol. The van der Waals surface area contributed by atoms with Gasteiger partial charge in [-0.1, -0.05) is 12.1 Å². The van der Waals surface area contributed by atoms with Crippen LogP contribution < -0.4 is 15.7 Å². The van der Waals surface area contributed by atoms with Crippen molar-refractivity contribution in [3.63, 3.8) is 0 Å². The van der Waals surface area contributed by atoms with E-state index in [1.165, 1.54) is 19.4 Å². The predicted octanol–water partition coefficient (Wildman–Crippen LogP) is 1.87. The third kappa shape index (κ3) is 3.75. The fourth-order valence-corrected chi connectivity index (χ4v) is 2.28. The van der Waals surface area contributed by atoms with Gasteiger partial charge in [-0.3, -0.25) is 4.79 Å². The Hall–Kier alpha value is -3.55. The van der Waals surface area contributed by atoms with Crippen molar-refractivity contribution >= 4 is 22.8 Å².